The largest absolute Gasteiger partial charge is 0.497 e. The molecule has 0 spiro atoms. The van der Waals surface area contributed by atoms with Crippen LogP contribution in [0, 0.1) is 10.1 Å². The number of nitro benzene ring substituents is 1. The van der Waals surface area contributed by atoms with Crippen molar-refractivity contribution < 1.29 is 19.9 Å². The van der Waals surface area contributed by atoms with Crippen LogP contribution in [0.3, 0.4) is 0 Å². The lowest BCUT2D eigenvalue weighted by Gasteiger charge is -2.07. The van der Waals surface area contributed by atoms with Crippen LogP contribution >= 0.6 is 0 Å². The van der Waals surface area contributed by atoms with Crippen LogP contribution in [-0.4, -0.2) is 22.2 Å². The number of nitrogens with zero attached hydrogens (tertiary/aromatic N) is 1. The van der Waals surface area contributed by atoms with Gasteiger partial charge in [-0.25, -0.2) is 0 Å². The van der Waals surface area contributed by atoms with Gasteiger partial charge in [0.25, 0.3) is 5.69 Å². The lowest BCUT2D eigenvalue weighted by atomic mass is 10.1. The fourth-order valence-electron chi connectivity index (χ4n) is 1.32. The predicted molar refractivity (Wildman–Crippen MR) is 51.5 cm³/mol. The van der Waals surface area contributed by atoms with Gasteiger partial charge in [0, 0.05) is 0 Å². The number of hydrogen-bond acceptors (Lipinski definition) is 5. The second kappa shape index (κ2) is 4.72. The van der Waals surface area contributed by atoms with Gasteiger partial charge in [0.1, 0.15) is 5.75 Å². The molecule has 0 saturated heterocycles. The molecule has 0 aliphatic heterocycles. The predicted octanol–water partition coefficient (Wildman–Crippen LogP) is 0.588. The van der Waals surface area contributed by atoms with Gasteiger partial charge in [-0.3, -0.25) is 10.1 Å². The molecule has 0 atom stereocenters. The maximum Gasteiger partial charge on any atom is 0.280 e. The van der Waals surface area contributed by atoms with Crippen molar-refractivity contribution >= 4 is 5.69 Å². The van der Waals surface area contributed by atoms with E-state index in [-0.39, 0.29) is 16.8 Å². The van der Waals surface area contributed by atoms with E-state index in [1.807, 2.05) is 0 Å². The molecule has 6 heteroatoms. The van der Waals surface area contributed by atoms with Crippen LogP contribution in [0.25, 0.3) is 0 Å². The van der Waals surface area contributed by atoms with Gasteiger partial charge in [0.05, 0.1) is 36.4 Å². The normalized spacial score (nSPS) is 10.1. The molecule has 2 N–H and O–H groups in total. The zero-order chi connectivity index (χ0) is 11.4. The Morgan fingerprint density at radius 1 is 1.33 bits per heavy atom. The first-order valence-electron chi connectivity index (χ1n) is 4.20. The van der Waals surface area contributed by atoms with Crippen LogP contribution in [0.4, 0.5) is 5.69 Å². The van der Waals surface area contributed by atoms with Crippen molar-refractivity contribution in [3.05, 3.63) is 33.4 Å². The van der Waals surface area contributed by atoms with Crippen molar-refractivity contribution in [2.75, 3.05) is 7.11 Å². The number of aliphatic hydroxyl groups excluding tert-OH is 2. The SMILES string of the molecule is COc1cc(CO)c([N+](=O)[O-])c(CO)c1. The first kappa shape index (κ1) is 11.4. The topological polar surface area (TPSA) is 92.8 Å². The van der Waals surface area contributed by atoms with E-state index in [0.29, 0.717) is 5.75 Å². The number of hydrogen-bond donors (Lipinski definition) is 2. The third-order valence-corrected chi connectivity index (χ3v) is 2.00. The monoisotopic (exact) mass is 213 g/mol. The molecule has 0 aliphatic rings. The fourth-order valence-corrected chi connectivity index (χ4v) is 1.32. The second-order valence-electron chi connectivity index (χ2n) is 2.87. The molecule has 82 valence electrons. The van der Waals surface area contributed by atoms with E-state index in [1.165, 1.54) is 19.2 Å². The maximum atomic E-state index is 10.7. The van der Waals surface area contributed by atoms with E-state index in [9.17, 15) is 10.1 Å². The average molecular weight is 213 g/mol. The number of aliphatic hydroxyl groups is 2. The smallest absolute Gasteiger partial charge is 0.280 e. The summed E-state index contributed by atoms with van der Waals surface area (Å²) in [6.07, 6.45) is 0. The minimum atomic E-state index is -0.628. The van der Waals surface area contributed by atoms with Crippen LogP contribution in [0.2, 0.25) is 0 Å². The highest BCUT2D eigenvalue weighted by Crippen LogP contribution is 2.29. The number of ether oxygens (including phenoxy) is 1. The lowest BCUT2D eigenvalue weighted by Crippen LogP contribution is -2.02. The van der Waals surface area contributed by atoms with Gasteiger partial charge in [-0.1, -0.05) is 0 Å². The van der Waals surface area contributed by atoms with Gasteiger partial charge in [-0.05, 0) is 12.1 Å². The standard InChI is InChI=1S/C9H11NO5/c1-15-8-2-6(4-11)9(10(13)14)7(3-8)5-12/h2-3,11-12H,4-5H2,1H3. The Morgan fingerprint density at radius 3 is 2.07 bits per heavy atom. The van der Waals surface area contributed by atoms with E-state index in [2.05, 4.69) is 0 Å². The van der Waals surface area contributed by atoms with Crippen molar-refractivity contribution in [1.29, 1.82) is 0 Å². The Kier molecular flexibility index (Phi) is 3.59. The molecule has 0 fully saturated rings. The minimum Gasteiger partial charge on any atom is -0.497 e. The summed E-state index contributed by atoms with van der Waals surface area (Å²) in [5, 5.41) is 28.6. The fraction of sp³-hybridized carbons (Fsp3) is 0.333. The van der Waals surface area contributed by atoms with Gasteiger partial charge in [-0.15, -0.1) is 0 Å². The molecular weight excluding hydrogens is 202 g/mol. The van der Waals surface area contributed by atoms with E-state index in [1.54, 1.807) is 0 Å². The molecule has 0 radical (unpaired) electrons. The quantitative estimate of drug-likeness (QED) is 0.564. The molecule has 0 unspecified atom stereocenters. The van der Waals surface area contributed by atoms with Gasteiger partial charge < -0.3 is 14.9 Å². The summed E-state index contributed by atoms with van der Waals surface area (Å²) in [5.74, 6) is 0.369. The lowest BCUT2D eigenvalue weighted by molar-refractivity contribution is -0.386. The molecule has 1 aromatic rings. The molecule has 0 bridgehead atoms. The van der Waals surface area contributed by atoms with Crippen molar-refractivity contribution in [2.24, 2.45) is 0 Å². The number of benzene rings is 1. The Balaban J connectivity index is 3.39. The van der Waals surface area contributed by atoms with E-state index >= 15 is 0 Å². The Morgan fingerprint density at radius 2 is 1.80 bits per heavy atom. The summed E-state index contributed by atoms with van der Waals surface area (Å²) in [6, 6.07) is 2.74. The number of methoxy groups -OCH3 is 1. The van der Waals surface area contributed by atoms with Crippen molar-refractivity contribution in [3.63, 3.8) is 0 Å². The van der Waals surface area contributed by atoms with Gasteiger partial charge in [0.15, 0.2) is 0 Å². The summed E-state index contributed by atoms with van der Waals surface area (Å²) in [7, 11) is 1.41. The van der Waals surface area contributed by atoms with Gasteiger partial charge in [-0.2, -0.15) is 0 Å². The van der Waals surface area contributed by atoms with Crippen molar-refractivity contribution in [1.82, 2.24) is 0 Å². The molecule has 0 aliphatic carbocycles. The molecule has 0 heterocycles. The maximum absolute atomic E-state index is 10.7. The highest BCUT2D eigenvalue weighted by Gasteiger charge is 2.20. The summed E-state index contributed by atoms with van der Waals surface area (Å²) in [4.78, 5) is 10.1. The van der Waals surface area contributed by atoms with Crippen LogP contribution < -0.4 is 4.74 Å². The molecule has 0 aromatic heterocycles. The van der Waals surface area contributed by atoms with Crippen LogP contribution in [-0.2, 0) is 13.2 Å². The summed E-state index contributed by atoms with van der Waals surface area (Å²) < 4.78 is 4.89. The zero-order valence-electron chi connectivity index (χ0n) is 8.14. The van der Waals surface area contributed by atoms with Crippen LogP contribution in [0.15, 0.2) is 12.1 Å². The summed E-state index contributed by atoms with van der Waals surface area (Å²) in [6.45, 7) is -0.943. The first-order valence-corrected chi connectivity index (χ1v) is 4.20. The molecule has 0 saturated carbocycles. The number of rotatable bonds is 4. The minimum absolute atomic E-state index is 0.128. The van der Waals surface area contributed by atoms with Crippen molar-refractivity contribution in [2.45, 2.75) is 13.2 Å². The van der Waals surface area contributed by atoms with Crippen LogP contribution in [0.1, 0.15) is 11.1 Å². The second-order valence-corrected chi connectivity index (χ2v) is 2.87. The average Bonchev–Trinajstić information content (AvgIpc) is 2.26. The Hall–Kier alpha value is -1.66. The summed E-state index contributed by atoms with van der Waals surface area (Å²) in [5.41, 5.74) is -0.00685. The molecule has 1 rings (SSSR count). The van der Waals surface area contributed by atoms with Crippen LogP contribution in [0.5, 0.6) is 5.75 Å². The van der Waals surface area contributed by atoms with E-state index in [4.69, 9.17) is 14.9 Å². The van der Waals surface area contributed by atoms with E-state index in [0.717, 1.165) is 0 Å². The zero-order valence-corrected chi connectivity index (χ0v) is 8.14. The van der Waals surface area contributed by atoms with Crippen molar-refractivity contribution in [3.8, 4) is 5.75 Å². The molecule has 15 heavy (non-hydrogen) atoms. The Bertz CT molecular complexity index is 352. The third-order valence-electron chi connectivity index (χ3n) is 2.00. The number of nitro groups is 1. The first-order chi connectivity index (χ1) is 7.13. The van der Waals surface area contributed by atoms with Gasteiger partial charge >= 0.3 is 0 Å². The molecule has 0 amide bonds. The Labute approximate surface area is 85.9 Å². The third kappa shape index (κ3) is 2.23. The highest BCUT2D eigenvalue weighted by atomic mass is 16.6. The molecule has 1 aromatic carbocycles. The summed E-state index contributed by atoms with van der Waals surface area (Å²) >= 11 is 0. The molecular formula is C9H11NO5. The van der Waals surface area contributed by atoms with E-state index < -0.39 is 18.1 Å². The molecule has 6 nitrogen and oxygen atoms in total. The van der Waals surface area contributed by atoms with Gasteiger partial charge in [0.2, 0.25) is 0 Å². The highest BCUT2D eigenvalue weighted by molar-refractivity contribution is 5.51.